The van der Waals surface area contributed by atoms with Crippen LogP contribution in [0.5, 0.6) is 5.75 Å². The lowest BCUT2D eigenvalue weighted by Crippen LogP contribution is -2.60. The number of aryl methyl sites for hydroxylation is 1. The molecule has 8 heteroatoms. The number of aromatic hydroxyl groups is 1. The number of H-pyrrole nitrogens is 2. The number of imidazole rings is 1. The number of likely N-dealkylation sites (tertiary alicyclic amines) is 1. The Kier molecular flexibility index (Phi) is 6.72. The zero-order chi connectivity index (χ0) is 26.4. The minimum Gasteiger partial charge on any atom is -0.508 e. The van der Waals surface area contributed by atoms with Crippen LogP contribution in [-0.2, 0) is 19.4 Å². The van der Waals surface area contributed by atoms with E-state index in [1.54, 1.807) is 6.07 Å². The van der Waals surface area contributed by atoms with E-state index in [2.05, 4.69) is 76.0 Å². The highest BCUT2D eigenvalue weighted by Gasteiger charge is 2.35. The number of aromatic amines is 2. The van der Waals surface area contributed by atoms with Crippen LogP contribution in [0.2, 0.25) is 0 Å². The largest absolute Gasteiger partial charge is 0.508 e. The number of hydrogen-bond acceptors (Lipinski definition) is 6. The number of rotatable bonds is 8. The van der Waals surface area contributed by atoms with E-state index in [9.17, 15) is 5.11 Å². The summed E-state index contributed by atoms with van der Waals surface area (Å²) >= 11 is 0. The molecule has 2 aliphatic rings. The quantitative estimate of drug-likeness (QED) is 0.326. The summed E-state index contributed by atoms with van der Waals surface area (Å²) in [6.07, 6.45) is 2.99. The molecule has 38 heavy (non-hydrogen) atoms. The van der Waals surface area contributed by atoms with Gasteiger partial charge in [-0.05, 0) is 74.4 Å². The third-order valence-corrected chi connectivity index (χ3v) is 8.39. The summed E-state index contributed by atoms with van der Waals surface area (Å²) in [5.74, 6) is 1.15. The fourth-order valence-corrected chi connectivity index (χ4v) is 6.11. The van der Waals surface area contributed by atoms with Gasteiger partial charge in [0.05, 0.1) is 16.9 Å². The Bertz CT molecular complexity index is 1430. The second kappa shape index (κ2) is 10.2. The van der Waals surface area contributed by atoms with E-state index >= 15 is 0 Å². The molecule has 3 N–H and O–H groups in total. The molecule has 2 aliphatic heterocycles. The van der Waals surface area contributed by atoms with Crippen molar-refractivity contribution in [2.24, 2.45) is 0 Å². The summed E-state index contributed by atoms with van der Waals surface area (Å²) < 4.78 is 0. The highest BCUT2D eigenvalue weighted by Crippen LogP contribution is 2.33. The van der Waals surface area contributed by atoms with E-state index in [0.29, 0.717) is 17.8 Å². The molecule has 0 radical (unpaired) electrons. The summed E-state index contributed by atoms with van der Waals surface area (Å²) in [6.45, 7) is 9.83. The van der Waals surface area contributed by atoms with Gasteiger partial charge in [0, 0.05) is 50.1 Å². The van der Waals surface area contributed by atoms with Crippen LogP contribution in [0.1, 0.15) is 37.2 Å². The molecular weight excluding hydrogens is 474 g/mol. The van der Waals surface area contributed by atoms with E-state index < -0.39 is 0 Å². The van der Waals surface area contributed by atoms with Crippen molar-refractivity contribution in [1.82, 2.24) is 34.9 Å². The minimum absolute atomic E-state index is 0.305. The lowest BCUT2D eigenvalue weighted by molar-refractivity contribution is 0.0294. The summed E-state index contributed by atoms with van der Waals surface area (Å²) in [6, 6.07) is 13.2. The third kappa shape index (κ3) is 4.61. The smallest absolute Gasteiger partial charge is 0.159 e. The van der Waals surface area contributed by atoms with E-state index in [-0.39, 0.29) is 0 Å². The first-order valence-electron chi connectivity index (χ1n) is 13.9. The normalized spacial score (nSPS) is 18.8. The van der Waals surface area contributed by atoms with Crippen molar-refractivity contribution in [2.75, 3.05) is 40.3 Å². The van der Waals surface area contributed by atoms with Gasteiger partial charge in [-0.2, -0.15) is 5.10 Å². The van der Waals surface area contributed by atoms with Crippen molar-refractivity contribution in [3.8, 4) is 28.4 Å². The predicted molar refractivity (Wildman–Crippen MR) is 152 cm³/mol. The van der Waals surface area contributed by atoms with Gasteiger partial charge in [0.15, 0.2) is 5.82 Å². The number of hydrogen-bond donors (Lipinski definition) is 3. The van der Waals surface area contributed by atoms with Crippen molar-refractivity contribution >= 4 is 10.9 Å². The SMILES string of the molecule is CCCN1Cc2[nH]c(-c3n[nH]c4cc(-c5ccc(O)cc5CC)ccc34)nc2C[C@H]1CN1CC(N(C)C)C1. The average Bonchev–Trinajstić information content (AvgIpc) is 3.48. The predicted octanol–water partition coefficient (Wildman–Crippen LogP) is 4.27. The molecule has 1 saturated heterocycles. The Morgan fingerprint density at radius 2 is 1.95 bits per heavy atom. The zero-order valence-corrected chi connectivity index (χ0v) is 23.0. The maximum Gasteiger partial charge on any atom is 0.159 e. The molecule has 0 spiro atoms. The standard InChI is InChI=1S/C30H39N7O/c1-5-11-37-18-28-27(14-21(37)15-36-16-22(17-36)35(3)4)31-30(32-28)29-25-9-7-20(13-26(25)33-34-29)24-10-8-23(38)12-19(24)6-2/h7-10,12-13,21-22,38H,5-6,11,14-18H2,1-4H3,(H,31,32)(H,33,34)/t21-/m0/s1. The molecule has 4 aromatic rings. The third-order valence-electron chi connectivity index (χ3n) is 8.39. The maximum absolute atomic E-state index is 9.90. The van der Waals surface area contributed by atoms with Gasteiger partial charge >= 0.3 is 0 Å². The molecule has 1 atom stereocenters. The highest BCUT2D eigenvalue weighted by atomic mass is 16.3. The van der Waals surface area contributed by atoms with Crippen LogP contribution in [-0.4, -0.2) is 92.3 Å². The number of benzene rings is 2. The lowest BCUT2D eigenvalue weighted by Gasteiger charge is -2.46. The van der Waals surface area contributed by atoms with Crippen molar-refractivity contribution in [2.45, 2.75) is 51.7 Å². The van der Waals surface area contributed by atoms with Crippen LogP contribution in [0.25, 0.3) is 33.5 Å². The first-order chi connectivity index (χ1) is 18.4. The number of phenolic OH excluding ortho intramolecular Hbond substituents is 1. The van der Waals surface area contributed by atoms with E-state index in [1.165, 1.54) is 11.4 Å². The molecule has 0 saturated carbocycles. The number of nitrogens with zero attached hydrogens (tertiary/aromatic N) is 5. The van der Waals surface area contributed by atoms with Gasteiger partial charge in [0.2, 0.25) is 0 Å². The van der Waals surface area contributed by atoms with Gasteiger partial charge in [-0.3, -0.25) is 14.9 Å². The number of fused-ring (bicyclic) bond motifs is 2. The molecule has 8 nitrogen and oxygen atoms in total. The molecule has 2 aromatic carbocycles. The first kappa shape index (κ1) is 25.1. The number of nitrogens with one attached hydrogen (secondary N) is 2. The summed E-state index contributed by atoms with van der Waals surface area (Å²) in [5, 5.41) is 18.9. The Morgan fingerprint density at radius 1 is 1.11 bits per heavy atom. The van der Waals surface area contributed by atoms with Crippen LogP contribution in [0.3, 0.4) is 0 Å². The van der Waals surface area contributed by atoms with Gasteiger partial charge in [-0.15, -0.1) is 0 Å². The lowest BCUT2D eigenvalue weighted by atomic mass is 9.97. The molecule has 0 aliphatic carbocycles. The average molecular weight is 514 g/mol. The molecule has 0 unspecified atom stereocenters. The van der Waals surface area contributed by atoms with Crippen LogP contribution in [0.15, 0.2) is 36.4 Å². The monoisotopic (exact) mass is 513 g/mol. The molecule has 1 fully saturated rings. The Labute approximate surface area is 224 Å². The second-order valence-electron chi connectivity index (χ2n) is 11.2. The van der Waals surface area contributed by atoms with Crippen LogP contribution < -0.4 is 0 Å². The number of aromatic nitrogens is 4. The number of likely N-dealkylation sites (N-methyl/N-ethyl adjacent to an activating group) is 1. The first-order valence-corrected chi connectivity index (χ1v) is 13.9. The van der Waals surface area contributed by atoms with E-state index in [4.69, 9.17) is 4.98 Å². The minimum atomic E-state index is 0.305. The Morgan fingerprint density at radius 3 is 2.71 bits per heavy atom. The van der Waals surface area contributed by atoms with Gasteiger partial charge in [-0.25, -0.2) is 4.98 Å². The van der Waals surface area contributed by atoms with Gasteiger partial charge < -0.3 is 15.0 Å². The van der Waals surface area contributed by atoms with Crippen molar-refractivity contribution in [3.05, 3.63) is 53.3 Å². The Balaban J connectivity index is 1.25. The van der Waals surface area contributed by atoms with Gasteiger partial charge in [0.1, 0.15) is 11.4 Å². The fourth-order valence-electron chi connectivity index (χ4n) is 6.11. The van der Waals surface area contributed by atoms with E-state index in [1.807, 2.05) is 12.1 Å². The zero-order valence-electron chi connectivity index (χ0n) is 23.0. The van der Waals surface area contributed by atoms with Crippen molar-refractivity contribution < 1.29 is 5.11 Å². The molecule has 4 heterocycles. The van der Waals surface area contributed by atoms with Crippen LogP contribution in [0.4, 0.5) is 0 Å². The number of phenols is 1. The molecular formula is C30H39N7O. The molecule has 6 rings (SSSR count). The Hall–Kier alpha value is -3.20. The summed E-state index contributed by atoms with van der Waals surface area (Å²) in [4.78, 5) is 16.3. The van der Waals surface area contributed by atoms with Gasteiger partial charge in [0.25, 0.3) is 0 Å². The maximum atomic E-state index is 9.90. The molecule has 0 amide bonds. The second-order valence-corrected chi connectivity index (χ2v) is 11.2. The topological polar surface area (TPSA) is 87.3 Å². The summed E-state index contributed by atoms with van der Waals surface area (Å²) in [7, 11) is 4.36. The van der Waals surface area contributed by atoms with Crippen molar-refractivity contribution in [3.63, 3.8) is 0 Å². The fraction of sp³-hybridized carbons (Fsp3) is 0.467. The van der Waals surface area contributed by atoms with Crippen molar-refractivity contribution in [1.29, 1.82) is 0 Å². The van der Waals surface area contributed by atoms with Gasteiger partial charge in [-0.1, -0.05) is 26.0 Å². The molecule has 2 aromatic heterocycles. The highest BCUT2D eigenvalue weighted by molar-refractivity contribution is 5.94. The van der Waals surface area contributed by atoms with Crippen LogP contribution in [0, 0.1) is 0 Å². The van der Waals surface area contributed by atoms with Crippen LogP contribution >= 0.6 is 0 Å². The molecule has 200 valence electrons. The van der Waals surface area contributed by atoms with E-state index in [0.717, 1.165) is 91.1 Å². The molecule has 0 bridgehead atoms. The summed E-state index contributed by atoms with van der Waals surface area (Å²) in [5.41, 5.74) is 7.65.